The van der Waals surface area contributed by atoms with Crippen LogP contribution in [0.2, 0.25) is 0 Å². The number of carbonyl (C=O) groups is 2. The van der Waals surface area contributed by atoms with Gasteiger partial charge in [0.1, 0.15) is 17.5 Å². The van der Waals surface area contributed by atoms with E-state index in [4.69, 9.17) is 15.2 Å². The Kier molecular flexibility index (Phi) is 8.23. The minimum Gasteiger partial charge on any atom is -0.478 e. The molecule has 0 spiro atoms. The number of aliphatic carboxylic acids is 2. The van der Waals surface area contributed by atoms with E-state index in [0.29, 0.717) is 34.9 Å². The lowest BCUT2D eigenvalue weighted by molar-refractivity contribution is -0.134. The quantitative estimate of drug-likeness (QED) is 0.301. The number of hydrogen-bond acceptors (Lipinski definition) is 6. The Morgan fingerprint density at radius 3 is 2.19 bits per heavy atom. The molecule has 0 atom stereocenters. The molecule has 2 aromatic carbocycles. The number of carboxylic acid groups (broad SMARTS) is 2. The third kappa shape index (κ3) is 7.63. The van der Waals surface area contributed by atoms with Crippen LogP contribution in [0.15, 0.2) is 73.1 Å². The van der Waals surface area contributed by atoms with Gasteiger partial charge in [-0.3, -0.25) is 4.98 Å². The number of benzene rings is 2. The van der Waals surface area contributed by atoms with Crippen LogP contribution in [-0.4, -0.2) is 42.6 Å². The van der Waals surface area contributed by atoms with Crippen LogP contribution in [0.1, 0.15) is 20.8 Å². The fourth-order valence-electron chi connectivity index (χ4n) is 3.24. The average Bonchev–Trinajstić information content (AvgIpc) is 2.82. The van der Waals surface area contributed by atoms with Gasteiger partial charge < -0.3 is 15.5 Å². The summed E-state index contributed by atoms with van der Waals surface area (Å²) in [5, 5.41) is 19.8. The van der Waals surface area contributed by atoms with Crippen LogP contribution in [0.4, 0.5) is 14.6 Å². The molecule has 190 valence electrons. The largest absolute Gasteiger partial charge is 0.478 e. The van der Waals surface area contributed by atoms with Gasteiger partial charge in [0.25, 0.3) is 0 Å². The number of fused-ring (bicyclic) bond motifs is 1. The third-order valence-corrected chi connectivity index (χ3v) is 4.72. The first kappa shape index (κ1) is 26.9. The molecule has 2 heterocycles. The molecule has 4 rings (SSSR count). The van der Waals surface area contributed by atoms with E-state index in [-0.39, 0.29) is 5.54 Å². The number of pyridine rings is 1. The second-order valence-corrected chi connectivity index (χ2v) is 8.88. The number of halogens is 2. The molecule has 8 nitrogen and oxygen atoms in total. The standard InChI is InChI=1S/C23H20F2N4.C4H4O4/c1-23(2,3)29-22-18-11-14(17-8-7-16(24)12-19(17)25)6-9-20(18)27-21(28-22)15-5-4-10-26-13-15;5-3(6)1-2-4(7)8/h4-13H,1-3H3,(H,27,28,29);1-2H,(H,5,6)(H,7,8)/b;2-1+. The molecule has 0 aliphatic carbocycles. The summed E-state index contributed by atoms with van der Waals surface area (Å²) in [5.74, 6) is -2.53. The number of nitrogens with zero attached hydrogens (tertiary/aromatic N) is 3. The van der Waals surface area contributed by atoms with Crippen molar-refractivity contribution in [2.24, 2.45) is 0 Å². The van der Waals surface area contributed by atoms with Crippen molar-refractivity contribution >= 4 is 28.7 Å². The van der Waals surface area contributed by atoms with Crippen LogP contribution in [0, 0.1) is 11.6 Å². The topological polar surface area (TPSA) is 125 Å². The van der Waals surface area contributed by atoms with E-state index < -0.39 is 23.6 Å². The zero-order valence-corrected chi connectivity index (χ0v) is 20.2. The minimum absolute atomic E-state index is 0.245. The van der Waals surface area contributed by atoms with Gasteiger partial charge in [-0.05, 0) is 62.7 Å². The molecule has 0 fully saturated rings. The Morgan fingerprint density at radius 1 is 0.919 bits per heavy atom. The van der Waals surface area contributed by atoms with Gasteiger partial charge in [-0.25, -0.2) is 28.3 Å². The molecular weight excluding hydrogens is 482 g/mol. The molecule has 0 aliphatic heterocycles. The number of rotatable bonds is 5. The highest BCUT2D eigenvalue weighted by molar-refractivity contribution is 5.94. The van der Waals surface area contributed by atoms with Crippen molar-refractivity contribution in [1.29, 1.82) is 0 Å². The van der Waals surface area contributed by atoms with Crippen molar-refractivity contribution in [2.75, 3.05) is 5.32 Å². The highest BCUT2D eigenvalue weighted by Crippen LogP contribution is 2.32. The Labute approximate surface area is 211 Å². The molecule has 37 heavy (non-hydrogen) atoms. The summed E-state index contributed by atoms with van der Waals surface area (Å²) in [4.78, 5) is 32.6. The first-order valence-electron chi connectivity index (χ1n) is 11.0. The van der Waals surface area contributed by atoms with Gasteiger partial charge in [-0.2, -0.15) is 0 Å². The molecular formula is C27H24F2N4O4. The van der Waals surface area contributed by atoms with Gasteiger partial charge in [-0.15, -0.1) is 0 Å². The number of carboxylic acids is 2. The number of nitrogens with one attached hydrogen (secondary N) is 1. The molecule has 0 bridgehead atoms. The fraction of sp³-hybridized carbons (Fsp3) is 0.148. The van der Waals surface area contributed by atoms with Crippen molar-refractivity contribution in [3.63, 3.8) is 0 Å². The van der Waals surface area contributed by atoms with Crippen molar-refractivity contribution in [2.45, 2.75) is 26.3 Å². The average molecular weight is 507 g/mol. The molecule has 0 radical (unpaired) electrons. The zero-order chi connectivity index (χ0) is 27.2. The number of anilines is 1. The SMILES string of the molecule is CC(C)(C)Nc1nc(-c2cccnc2)nc2ccc(-c3ccc(F)cc3F)cc12.O=C(O)/C=C/C(=O)O. The molecule has 10 heteroatoms. The van der Waals surface area contributed by atoms with E-state index in [0.717, 1.165) is 22.5 Å². The predicted molar refractivity (Wildman–Crippen MR) is 136 cm³/mol. The summed E-state index contributed by atoms with van der Waals surface area (Å²) in [6.07, 6.45) is 4.53. The maximum Gasteiger partial charge on any atom is 0.328 e. The smallest absolute Gasteiger partial charge is 0.328 e. The highest BCUT2D eigenvalue weighted by Gasteiger charge is 2.17. The first-order chi connectivity index (χ1) is 17.4. The van der Waals surface area contributed by atoms with Gasteiger partial charge >= 0.3 is 11.9 Å². The highest BCUT2D eigenvalue weighted by atomic mass is 19.1. The van der Waals surface area contributed by atoms with Gasteiger partial charge in [0.15, 0.2) is 5.82 Å². The van der Waals surface area contributed by atoms with Crippen molar-refractivity contribution < 1.29 is 28.6 Å². The molecule has 2 aromatic heterocycles. The summed E-state index contributed by atoms with van der Waals surface area (Å²) < 4.78 is 27.6. The van der Waals surface area contributed by atoms with Gasteiger partial charge in [0.2, 0.25) is 0 Å². The molecule has 0 unspecified atom stereocenters. The molecule has 0 aliphatic rings. The van der Waals surface area contributed by atoms with E-state index in [2.05, 4.69) is 15.3 Å². The second-order valence-electron chi connectivity index (χ2n) is 8.88. The van der Waals surface area contributed by atoms with Gasteiger partial charge in [0.05, 0.1) is 5.52 Å². The molecule has 3 N–H and O–H groups in total. The maximum atomic E-state index is 14.3. The van der Waals surface area contributed by atoms with E-state index >= 15 is 0 Å². The molecule has 0 saturated heterocycles. The molecule has 0 saturated carbocycles. The van der Waals surface area contributed by atoms with Crippen LogP contribution in [-0.2, 0) is 9.59 Å². The lowest BCUT2D eigenvalue weighted by Crippen LogP contribution is -2.27. The summed E-state index contributed by atoms with van der Waals surface area (Å²) in [7, 11) is 0. The van der Waals surface area contributed by atoms with E-state index in [9.17, 15) is 18.4 Å². The van der Waals surface area contributed by atoms with E-state index in [1.807, 2.05) is 45.0 Å². The predicted octanol–water partition coefficient (Wildman–Crippen LogP) is 5.56. The van der Waals surface area contributed by atoms with Crippen LogP contribution < -0.4 is 5.32 Å². The Balaban J connectivity index is 0.000000414. The van der Waals surface area contributed by atoms with Gasteiger partial charge in [-0.1, -0.05) is 6.07 Å². The Morgan fingerprint density at radius 2 is 1.62 bits per heavy atom. The van der Waals surface area contributed by atoms with Crippen LogP contribution in [0.5, 0.6) is 0 Å². The fourth-order valence-corrected chi connectivity index (χ4v) is 3.24. The van der Waals surface area contributed by atoms with Crippen LogP contribution in [0.3, 0.4) is 0 Å². The Hall–Kier alpha value is -4.73. The molecule has 4 aromatic rings. The monoisotopic (exact) mass is 506 g/mol. The third-order valence-electron chi connectivity index (χ3n) is 4.72. The lowest BCUT2D eigenvalue weighted by Gasteiger charge is -2.23. The summed E-state index contributed by atoms with van der Waals surface area (Å²) in [6.45, 7) is 6.11. The van der Waals surface area contributed by atoms with Crippen molar-refractivity contribution in [3.8, 4) is 22.5 Å². The summed E-state index contributed by atoms with van der Waals surface area (Å²) in [6, 6.07) is 12.7. The molecule has 0 amide bonds. The number of aromatic nitrogens is 3. The van der Waals surface area contributed by atoms with E-state index in [1.54, 1.807) is 18.5 Å². The Bertz CT molecular complexity index is 1450. The first-order valence-corrected chi connectivity index (χ1v) is 11.0. The van der Waals surface area contributed by atoms with Crippen LogP contribution in [0.25, 0.3) is 33.4 Å². The number of hydrogen-bond donors (Lipinski definition) is 3. The van der Waals surface area contributed by atoms with E-state index in [1.165, 1.54) is 12.1 Å². The lowest BCUT2D eigenvalue weighted by atomic mass is 10.0. The second kappa shape index (κ2) is 11.3. The van der Waals surface area contributed by atoms with Crippen molar-refractivity contribution in [3.05, 3.63) is 84.7 Å². The summed E-state index contributed by atoms with van der Waals surface area (Å²) >= 11 is 0. The normalized spacial score (nSPS) is 11.2. The summed E-state index contributed by atoms with van der Waals surface area (Å²) in [5.41, 5.74) is 2.23. The van der Waals surface area contributed by atoms with Crippen molar-refractivity contribution in [1.82, 2.24) is 15.0 Å². The minimum atomic E-state index is -1.26. The maximum absolute atomic E-state index is 14.3. The van der Waals surface area contributed by atoms with Gasteiger partial charge in [0, 0.05) is 52.7 Å². The van der Waals surface area contributed by atoms with Crippen LogP contribution >= 0.6 is 0 Å². The zero-order valence-electron chi connectivity index (χ0n) is 20.2.